The fourth-order valence-corrected chi connectivity index (χ4v) is 10.7. The summed E-state index contributed by atoms with van der Waals surface area (Å²) in [6.45, 7) is 3.21. The van der Waals surface area contributed by atoms with Crippen LogP contribution in [0.3, 0.4) is 0 Å². The second kappa shape index (κ2) is 38.3. The fourth-order valence-electron chi connectivity index (χ4n) is 10.7. The van der Waals surface area contributed by atoms with Crippen molar-refractivity contribution in [3.63, 3.8) is 0 Å². The van der Waals surface area contributed by atoms with Crippen molar-refractivity contribution in [2.75, 3.05) is 59.3 Å². The number of fused-ring (bicyclic) bond motifs is 2. The van der Waals surface area contributed by atoms with Crippen molar-refractivity contribution in [2.45, 2.75) is 132 Å². The first-order valence-electron chi connectivity index (χ1n) is 29.3. The van der Waals surface area contributed by atoms with Gasteiger partial charge in [-0.15, -0.1) is 0 Å². The van der Waals surface area contributed by atoms with E-state index in [9.17, 15) is 34.5 Å². The van der Waals surface area contributed by atoms with Crippen molar-refractivity contribution in [3.8, 4) is 34.5 Å². The van der Waals surface area contributed by atoms with Gasteiger partial charge in [0.25, 0.3) is 30.1 Å². The van der Waals surface area contributed by atoms with Crippen molar-refractivity contribution in [1.82, 2.24) is 9.80 Å². The summed E-state index contributed by atoms with van der Waals surface area (Å²) in [5.41, 5.74) is 6.12. The third-order valence-corrected chi connectivity index (χ3v) is 15.4. The first-order valence-corrected chi connectivity index (χ1v) is 29.3. The Hall–Kier alpha value is -3.45. The van der Waals surface area contributed by atoms with Gasteiger partial charge in [-0.2, -0.15) is 0 Å². The number of hydrogen-bond acceptors (Lipinski definition) is 17. The van der Waals surface area contributed by atoms with E-state index in [0.29, 0.717) is 64.9 Å². The van der Waals surface area contributed by atoms with Crippen LogP contribution in [0.1, 0.15) is 158 Å². The molecular weight excluding hydrogens is 1340 g/mol. The van der Waals surface area contributed by atoms with Gasteiger partial charge >= 0.3 is 138 Å². The maximum atomic E-state index is 12.4. The molecular formula is C65H81Cs2N3O16. The zero-order valence-corrected chi connectivity index (χ0v) is 62.4. The van der Waals surface area contributed by atoms with Crippen LogP contribution >= 0.6 is 0 Å². The summed E-state index contributed by atoms with van der Waals surface area (Å²) in [4.78, 5) is 62.7. The van der Waals surface area contributed by atoms with Crippen molar-refractivity contribution < 1.29 is 217 Å². The molecule has 4 fully saturated rings. The third kappa shape index (κ3) is 23.4. The van der Waals surface area contributed by atoms with Crippen molar-refractivity contribution in [1.29, 1.82) is 0 Å². The molecule has 21 heteroatoms. The van der Waals surface area contributed by atoms with Gasteiger partial charge in [-0.1, -0.05) is 120 Å². The average Bonchev–Trinajstić information content (AvgIpc) is 2.08. The first kappa shape index (κ1) is 73.3. The minimum Gasteiger partial charge on any atom is -1.00 e. The van der Waals surface area contributed by atoms with E-state index in [1.165, 1.54) is 86.1 Å². The van der Waals surface area contributed by atoms with Crippen molar-refractivity contribution >= 4 is 30.1 Å². The number of nitrogens with two attached hydrogens (primary N) is 1. The van der Waals surface area contributed by atoms with Crippen LogP contribution in [0, 0.1) is 0 Å². The number of aliphatic hydroxyl groups is 2. The molecule has 11 rings (SSSR count). The van der Waals surface area contributed by atoms with Crippen LogP contribution < -0.4 is 172 Å². The zero-order chi connectivity index (χ0) is 59.6. The Kier molecular flexibility index (Phi) is 32.6. The molecule has 19 nitrogen and oxygen atoms in total. The van der Waals surface area contributed by atoms with E-state index < -0.39 is 11.2 Å². The predicted octanol–water partition coefficient (Wildman–Crippen LogP) is 3.05. The van der Waals surface area contributed by atoms with Gasteiger partial charge in [0.2, 0.25) is 0 Å². The zero-order valence-electron chi connectivity index (χ0n) is 50.8. The van der Waals surface area contributed by atoms with E-state index in [2.05, 4.69) is 4.89 Å². The number of phenolic OH excluding ortho intramolecular Hbond substituents is 1. The van der Waals surface area contributed by atoms with E-state index in [4.69, 9.17) is 44.2 Å². The van der Waals surface area contributed by atoms with Crippen LogP contribution in [0.4, 0.5) is 0 Å². The molecule has 6 aliphatic rings. The van der Waals surface area contributed by atoms with E-state index in [1.54, 1.807) is 72.8 Å². The van der Waals surface area contributed by atoms with Crippen LogP contribution in [0.5, 0.6) is 34.5 Å². The van der Waals surface area contributed by atoms with Gasteiger partial charge in [-0.3, -0.25) is 33.8 Å². The average molecular weight is 1430 g/mol. The summed E-state index contributed by atoms with van der Waals surface area (Å²) in [5, 5.41) is 39.1. The summed E-state index contributed by atoms with van der Waals surface area (Å²) < 4.78 is 33.7. The van der Waals surface area contributed by atoms with Crippen LogP contribution in [0.2, 0.25) is 0 Å². The SMILES string of the molecule is C1CCCC2(CC1)CO2.NCCOc1cccc(OCC2(O)CCCCCC2)c1.O=C1c2ccccc2C(=O)N1CCOc1cccc(O)c1.O=C1c2ccccc2C(=O)N1CCOc1cccc(OCC2(O)CCCCCC2)c1.O=CO[O-].[Cs+].[Cs+].[H-]. The second-order valence-corrected chi connectivity index (χ2v) is 21.8. The molecule has 0 radical (unpaired) electrons. The minimum atomic E-state index is -0.765. The van der Waals surface area contributed by atoms with Gasteiger partial charge in [-0.25, -0.2) is 0 Å². The molecule has 3 aliphatic heterocycles. The van der Waals surface area contributed by atoms with Crippen LogP contribution in [0.15, 0.2) is 121 Å². The fraction of sp³-hybridized carbons (Fsp3) is 0.462. The number of nitrogens with zero attached hydrogens (tertiary/aromatic N) is 2. The summed E-state index contributed by atoms with van der Waals surface area (Å²) in [5.74, 6) is 2.15. The Balaban J connectivity index is 0.000000253. The molecule has 0 aromatic heterocycles. The van der Waals surface area contributed by atoms with E-state index in [-0.39, 0.29) is 208 Å². The van der Waals surface area contributed by atoms with Gasteiger partial charge in [-0.05, 0) is 99.2 Å². The standard InChI is InChI=1S/C24H27NO5.C16H13NO4.C16H25NO3.C8H14O.CH2O3.2Cs.H/c26-22-20-10-3-4-11-21(20)23(27)25(22)14-15-29-18-8-7-9-19(16-18)30-17-24(28)12-5-1-2-6-13-24;18-11-4-3-5-12(10-11)21-9-8-17-15(19)13-6-1-2-7-14(13)16(17)20;17-10-11-19-14-6-5-7-15(12-14)20-13-16(18)8-3-1-2-4-9-16;1-2-4-6-8(5-3-1)7-9-8;2-1-4-3;;;/h3-4,7-11,16,28H,1-2,5-6,12-15,17H2;1-7,10,18H,8-9H2;5-7,12,18H,1-4,8-11,13,17H2;1-7H2;1,3H;;;/q;;;;;2*+1;-1/p-1. The number of amides is 4. The van der Waals surface area contributed by atoms with Crippen LogP contribution in [0.25, 0.3) is 0 Å². The number of aromatic hydroxyl groups is 1. The van der Waals surface area contributed by atoms with E-state index in [0.717, 1.165) is 69.5 Å². The van der Waals surface area contributed by atoms with Gasteiger partial charge in [0.15, 0.2) is 0 Å². The normalized spacial score (nSPS) is 17.4. The molecule has 3 aliphatic carbocycles. The molecule has 1 saturated heterocycles. The molecule has 0 atom stereocenters. The molecule has 5 aromatic carbocycles. The Bertz CT molecular complexity index is 2840. The number of rotatable bonds is 18. The predicted molar refractivity (Wildman–Crippen MR) is 311 cm³/mol. The number of imide groups is 2. The number of ether oxygens (including phenoxy) is 6. The molecule has 5 N–H and O–H groups in total. The summed E-state index contributed by atoms with van der Waals surface area (Å²) >= 11 is 0. The van der Waals surface area contributed by atoms with E-state index in [1.807, 2.05) is 36.4 Å². The maximum absolute atomic E-state index is 12.4. The third-order valence-electron chi connectivity index (χ3n) is 15.4. The largest absolute Gasteiger partial charge is 1.00 e. The van der Waals surface area contributed by atoms with Gasteiger partial charge < -0.3 is 61.0 Å². The Labute approximate surface area is 623 Å². The molecule has 86 heavy (non-hydrogen) atoms. The molecule has 3 saturated carbocycles. The Morgan fingerprint density at radius 1 is 0.488 bits per heavy atom. The summed E-state index contributed by atoms with van der Waals surface area (Å²) in [6, 6.07) is 34.7. The van der Waals surface area contributed by atoms with E-state index >= 15 is 0 Å². The number of benzene rings is 5. The topological polar surface area (TPSA) is 270 Å². The van der Waals surface area contributed by atoms with Gasteiger partial charge in [0.05, 0.1) is 58.8 Å². The molecule has 5 aromatic rings. The molecule has 454 valence electrons. The van der Waals surface area contributed by atoms with Crippen LogP contribution in [-0.4, -0.2) is 131 Å². The van der Waals surface area contributed by atoms with Crippen LogP contribution in [-0.2, 0) is 14.4 Å². The monoisotopic (exact) mass is 1430 g/mol. The summed E-state index contributed by atoms with van der Waals surface area (Å²) in [7, 11) is 0. The number of carbonyl (C=O) groups is 5. The Morgan fingerprint density at radius 3 is 1.13 bits per heavy atom. The van der Waals surface area contributed by atoms with Gasteiger partial charge in [0.1, 0.15) is 67.5 Å². The maximum Gasteiger partial charge on any atom is 1.00 e. The molecule has 4 amide bonds. The Morgan fingerprint density at radius 2 is 0.802 bits per heavy atom. The second-order valence-electron chi connectivity index (χ2n) is 21.8. The quantitative estimate of drug-likeness (QED) is 0.0245. The molecule has 1 spiro atoms. The van der Waals surface area contributed by atoms with Gasteiger partial charge in [0, 0.05) is 24.7 Å². The summed E-state index contributed by atoms with van der Waals surface area (Å²) in [6.07, 6.45) is 20.5. The minimum absolute atomic E-state index is 0. The number of carbonyl (C=O) groups excluding carboxylic acids is 5. The van der Waals surface area contributed by atoms with Crippen molar-refractivity contribution in [3.05, 3.63) is 144 Å². The number of epoxide rings is 1. The molecule has 3 heterocycles. The first-order chi connectivity index (χ1) is 40.8. The number of phenols is 1. The smallest absolute Gasteiger partial charge is 1.00 e. The number of hydrogen-bond donors (Lipinski definition) is 4. The molecule has 0 bridgehead atoms. The van der Waals surface area contributed by atoms with Crippen molar-refractivity contribution in [2.24, 2.45) is 5.73 Å². The molecule has 0 unspecified atom stereocenters.